The Morgan fingerprint density at radius 1 is 1.40 bits per heavy atom. The largest absolute Gasteiger partial charge is 0.459 e. The fraction of sp³-hybridized carbons (Fsp3) is 0.333. The van der Waals surface area contributed by atoms with Gasteiger partial charge in [-0.3, -0.25) is 14.4 Å². The van der Waals surface area contributed by atoms with Crippen molar-refractivity contribution in [3.8, 4) is 6.07 Å². The monoisotopic (exact) mass is 279 g/mol. The van der Waals surface area contributed by atoms with Crippen LogP contribution in [0.3, 0.4) is 0 Å². The highest BCUT2D eigenvalue weighted by Crippen LogP contribution is 1.98. The van der Waals surface area contributed by atoms with Crippen LogP contribution < -0.4 is 10.6 Å². The van der Waals surface area contributed by atoms with Crippen molar-refractivity contribution in [1.82, 2.24) is 10.6 Å². The van der Waals surface area contributed by atoms with Crippen molar-refractivity contribution in [2.45, 2.75) is 13.0 Å². The minimum Gasteiger partial charge on any atom is -0.459 e. The molecule has 0 spiro atoms. The molecule has 1 heterocycles. The quantitative estimate of drug-likeness (QED) is 0.682. The van der Waals surface area contributed by atoms with E-state index < -0.39 is 23.9 Å². The van der Waals surface area contributed by atoms with Gasteiger partial charge in [0.2, 0.25) is 5.91 Å². The van der Waals surface area contributed by atoms with Crippen LogP contribution in [0.4, 0.5) is 0 Å². The third-order valence-electron chi connectivity index (χ3n) is 2.07. The van der Waals surface area contributed by atoms with Gasteiger partial charge in [-0.25, -0.2) is 0 Å². The molecule has 2 amide bonds. The molecular formula is C12H13N3O5. The number of hydrogen-bond acceptors (Lipinski definition) is 6. The number of carbonyl (C=O) groups is 3. The predicted octanol–water partition coefficient (Wildman–Crippen LogP) is -0.419. The molecule has 1 aromatic heterocycles. The minimum atomic E-state index is -0.877. The van der Waals surface area contributed by atoms with Crippen molar-refractivity contribution in [3.05, 3.63) is 24.2 Å². The van der Waals surface area contributed by atoms with Gasteiger partial charge >= 0.3 is 5.97 Å². The number of nitriles is 1. The topological polar surface area (TPSA) is 121 Å². The first-order chi connectivity index (χ1) is 9.52. The molecule has 0 aliphatic heterocycles. The average molecular weight is 279 g/mol. The minimum absolute atomic E-state index is 0.0834. The molecular weight excluding hydrogens is 266 g/mol. The molecule has 20 heavy (non-hydrogen) atoms. The van der Waals surface area contributed by atoms with Crippen LogP contribution >= 0.6 is 0 Å². The number of carbonyl (C=O) groups excluding carboxylic acids is 3. The molecule has 1 atom stereocenters. The first kappa shape index (κ1) is 15.2. The summed E-state index contributed by atoms with van der Waals surface area (Å²) in [4.78, 5) is 33.9. The Bertz CT molecular complexity index is 518. The van der Waals surface area contributed by atoms with Crippen molar-refractivity contribution in [3.63, 3.8) is 0 Å². The van der Waals surface area contributed by atoms with E-state index in [1.54, 1.807) is 12.1 Å². The van der Waals surface area contributed by atoms with Gasteiger partial charge in [0, 0.05) is 0 Å². The number of nitrogens with zero attached hydrogens (tertiary/aromatic N) is 1. The van der Waals surface area contributed by atoms with E-state index in [0.29, 0.717) is 0 Å². The Hall–Kier alpha value is -2.82. The number of hydrogen-bond donors (Lipinski definition) is 2. The van der Waals surface area contributed by atoms with Crippen LogP contribution in [0.15, 0.2) is 22.8 Å². The fourth-order valence-corrected chi connectivity index (χ4v) is 1.15. The second kappa shape index (κ2) is 7.58. The molecule has 0 unspecified atom stereocenters. The Kier molecular flexibility index (Phi) is 5.77. The van der Waals surface area contributed by atoms with Crippen LogP contribution in [0.5, 0.6) is 0 Å². The summed E-state index contributed by atoms with van der Waals surface area (Å²) in [5.74, 6) is -1.75. The summed E-state index contributed by atoms with van der Waals surface area (Å²) >= 11 is 0. The number of nitrogens with one attached hydrogen (secondary N) is 2. The zero-order valence-electron chi connectivity index (χ0n) is 10.7. The van der Waals surface area contributed by atoms with Crippen molar-refractivity contribution in [2.75, 3.05) is 13.1 Å². The molecule has 0 bridgehead atoms. The van der Waals surface area contributed by atoms with Gasteiger partial charge in [-0.15, -0.1) is 0 Å². The summed E-state index contributed by atoms with van der Waals surface area (Å²) in [5.41, 5.74) is 0. The standard InChI is InChI=1S/C12H13N3O5/c1-8(5-13)20-11(17)7-14-10(16)6-15-12(18)9-3-2-4-19-9/h2-4,8H,6-7H2,1H3,(H,14,16)(H,15,18)/t8-/m0/s1. The zero-order valence-corrected chi connectivity index (χ0v) is 10.7. The van der Waals surface area contributed by atoms with Gasteiger partial charge in [-0.2, -0.15) is 5.26 Å². The van der Waals surface area contributed by atoms with Crippen molar-refractivity contribution in [1.29, 1.82) is 5.26 Å². The Labute approximate surface area is 114 Å². The number of amides is 2. The summed E-state index contributed by atoms with van der Waals surface area (Å²) in [7, 11) is 0. The number of furan rings is 1. The van der Waals surface area contributed by atoms with Gasteiger partial charge in [0.25, 0.3) is 5.91 Å². The summed E-state index contributed by atoms with van der Waals surface area (Å²) in [5, 5.41) is 13.0. The third kappa shape index (κ3) is 5.22. The summed E-state index contributed by atoms with van der Waals surface area (Å²) < 4.78 is 9.45. The van der Waals surface area contributed by atoms with E-state index in [1.807, 2.05) is 0 Å². The molecule has 0 aliphatic rings. The SMILES string of the molecule is C[C@@H](C#N)OC(=O)CNC(=O)CNC(=O)c1ccco1. The van der Waals surface area contributed by atoms with Crippen molar-refractivity contribution >= 4 is 17.8 Å². The number of rotatable bonds is 6. The molecule has 0 saturated carbocycles. The highest BCUT2D eigenvalue weighted by atomic mass is 16.5. The van der Waals surface area contributed by atoms with E-state index >= 15 is 0 Å². The molecule has 0 aromatic carbocycles. The molecule has 0 radical (unpaired) electrons. The lowest BCUT2D eigenvalue weighted by atomic mass is 10.4. The van der Waals surface area contributed by atoms with E-state index in [-0.39, 0.29) is 18.8 Å². The van der Waals surface area contributed by atoms with Crippen LogP contribution in [0.2, 0.25) is 0 Å². The van der Waals surface area contributed by atoms with Crippen LogP contribution in [0.25, 0.3) is 0 Å². The lowest BCUT2D eigenvalue weighted by molar-refractivity contribution is -0.145. The smallest absolute Gasteiger partial charge is 0.326 e. The maximum absolute atomic E-state index is 11.4. The van der Waals surface area contributed by atoms with Crippen molar-refractivity contribution in [2.24, 2.45) is 0 Å². The fourth-order valence-electron chi connectivity index (χ4n) is 1.15. The maximum atomic E-state index is 11.4. The summed E-state index contributed by atoms with van der Waals surface area (Å²) in [6, 6.07) is 4.71. The molecule has 2 N–H and O–H groups in total. The molecule has 1 aromatic rings. The van der Waals surface area contributed by atoms with Gasteiger partial charge in [0.05, 0.1) is 12.8 Å². The molecule has 0 saturated heterocycles. The number of esters is 1. The average Bonchev–Trinajstić information content (AvgIpc) is 2.96. The van der Waals surface area contributed by atoms with Crippen molar-refractivity contribution < 1.29 is 23.5 Å². The maximum Gasteiger partial charge on any atom is 0.326 e. The Balaban J connectivity index is 2.22. The van der Waals surface area contributed by atoms with Crippen LogP contribution in [0, 0.1) is 11.3 Å². The Morgan fingerprint density at radius 2 is 2.15 bits per heavy atom. The third-order valence-corrected chi connectivity index (χ3v) is 2.07. The first-order valence-corrected chi connectivity index (χ1v) is 5.70. The molecule has 0 aliphatic carbocycles. The zero-order chi connectivity index (χ0) is 15.0. The lowest BCUT2D eigenvalue weighted by Gasteiger charge is -2.07. The second-order valence-corrected chi connectivity index (χ2v) is 3.70. The Morgan fingerprint density at radius 3 is 2.75 bits per heavy atom. The van der Waals surface area contributed by atoms with Crippen LogP contribution in [0.1, 0.15) is 17.5 Å². The number of ether oxygens (including phenoxy) is 1. The van der Waals surface area contributed by atoms with E-state index in [1.165, 1.54) is 19.3 Å². The van der Waals surface area contributed by atoms with Gasteiger partial charge < -0.3 is 19.8 Å². The summed E-state index contributed by atoms with van der Waals surface area (Å²) in [6.45, 7) is 0.728. The van der Waals surface area contributed by atoms with Gasteiger partial charge in [-0.05, 0) is 19.1 Å². The normalized spacial score (nSPS) is 11.0. The van der Waals surface area contributed by atoms with Crippen LogP contribution in [-0.2, 0) is 14.3 Å². The van der Waals surface area contributed by atoms with E-state index in [0.717, 1.165) is 0 Å². The van der Waals surface area contributed by atoms with E-state index in [4.69, 9.17) is 9.68 Å². The predicted molar refractivity (Wildman–Crippen MR) is 65.2 cm³/mol. The molecule has 8 nitrogen and oxygen atoms in total. The summed E-state index contributed by atoms with van der Waals surface area (Å²) in [6.07, 6.45) is 0.458. The first-order valence-electron chi connectivity index (χ1n) is 5.70. The second-order valence-electron chi connectivity index (χ2n) is 3.70. The molecule has 0 fully saturated rings. The molecule has 1 rings (SSSR count). The van der Waals surface area contributed by atoms with Gasteiger partial charge in [0.1, 0.15) is 12.6 Å². The van der Waals surface area contributed by atoms with Crippen LogP contribution in [-0.4, -0.2) is 37.0 Å². The molecule has 106 valence electrons. The highest BCUT2D eigenvalue weighted by molar-refractivity contribution is 5.94. The van der Waals surface area contributed by atoms with E-state index in [9.17, 15) is 14.4 Å². The highest BCUT2D eigenvalue weighted by Gasteiger charge is 2.12. The lowest BCUT2D eigenvalue weighted by Crippen LogP contribution is -2.39. The van der Waals surface area contributed by atoms with E-state index in [2.05, 4.69) is 15.4 Å². The van der Waals surface area contributed by atoms with Gasteiger partial charge in [-0.1, -0.05) is 0 Å². The van der Waals surface area contributed by atoms with Gasteiger partial charge in [0.15, 0.2) is 11.9 Å². The molecule has 8 heteroatoms.